The summed E-state index contributed by atoms with van der Waals surface area (Å²) in [6.45, 7) is 7.26. The minimum Gasteiger partial charge on any atom is -0.465 e. The molecule has 0 saturated carbocycles. The third-order valence-electron chi connectivity index (χ3n) is 3.96. The van der Waals surface area contributed by atoms with Crippen molar-refractivity contribution in [3.8, 4) is 11.5 Å². The summed E-state index contributed by atoms with van der Waals surface area (Å²) in [5.74, 6) is 1.06. The predicted molar refractivity (Wildman–Crippen MR) is 103 cm³/mol. The van der Waals surface area contributed by atoms with Gasteiger partial charge in [0, 0.05) is 11.4 Å². The van der Waals surface area contributed by atoms with Crippen molar-refractivity contribution < 1.29 is 19.4 Å². The Bertz CT molecular complexity index is 728. The Kier molecular flexibility index (Phi) is 6.32. The first-order chi connectivity index (χ1) is 12.1. The van der Waals surface area contributed by atoms with Crippen molar-refractivity contribution in [2.24, 2.45) is 5.41 Å². The SMILES string of the molecule is CC(C)(C)C(=O)OCCC(C)(O)c1ccc(Oc2ccc(Cl)cc2)cc1. The number of ether oxygens (including phenoxy) is 2. The third-order valence-corrected chi connectivity index (χ3v) is 4.21. The average molecular weight is 377 g/mol. The molecule has 0 spiro atoms. The second kappa shape index (κ2) is 8.11. The van der Waals surface area contributed by atoms with Crippen LogP contribution >= 0.6 is 11.6 Å². The molecular weight excluding hydrogens is 352 g/mol. The van der Waals surface area contributed by atoms with Gasteiger partial charge in [0.1, 0.15) is 11.5 Å². The highest BCUT2D eigenvalue weighted by molar-refractivity contribution is 6.30. The maximum Gasteiger partial charge on any atom is 0.311 e. The van der Waals surface area contributed by atoms with Gasteiger partial charge in [0.15, 0.2) is 0 Å². The van der Waals surface area contributed by atoms with Crippen LogP contribution in [0.25, 0.3) is 0 Å². The van der Waals surface area contributed by atoms with Gasteiger partial charge < -0.3 is 14.6 Å². The molecule has 4 nitrogen and oxygen atoms in total. The van der Waals surface area contributed by atoms with E-state index in [0.29, 0.717) is 22.9 Å². The lowest BCUT2D eigenvalue weighted by atomic mass is 9.92. The third kappa shape index (κ3) is 5.75. The van der Waals surface area contributed by atoms with Gasteiger partial charge in [0.2, 0.25) is 0 Å². The van der Waals surface area contributed by atoms with Crippen LogP contribution in [0.3, 0.4) is 0 Å². The van der Waals surface area contributed by atoms with Crippen LogP contribution in [-0.4, -0.2) is 17.7 Å². The number of hydrogen-bond donors (Lipinski definition) is 1. The van der Waals surface area contributed by atoms with E-state index in [4.69, 9.17) is 21.1 Å². The molecule has 1 unspecified atom stereocenters. The molecule has 0 aliphatic rings. The minimum atomic E-state index is -1.10. The number of benzene rings is 2. The van der Waals surface area contributed by atoms with Crippen LogP contribution in [0, 0.1) is 5.41 Å². The fraction of sp³-hybridized carbons (Fsp3) is 0.381. The summed E-state index contributed by atoms with van der Waals surface area (Å²) in [5, 5.41) is 11.3. The molecule has 2 aromatic rings. The summed E-state index contributed by atoms with van der Waals surface area (Å²) in [5.41, 5.74) is -0.920. The molecule has 0 fully saturated rings. The van der Waals surface area contributed by atoms with Crippen molar-refractivity contribution >= 4 is 17.6 Å². The second-order valence-corrected chi connectivity index (χ2v) is 7.93. The maximum absolute atomic E-state index is 11.8. The number of carbonyl (C=O) groups is 1. The number of rotatable bonds is 6. The summed E-state index contributed by atoms with van der Waals surface area (Å²) < 4.78 is 11.0. The summed E-state index contributed by atoms with van der Waals surface area (Å²) in [4.78, 5) is 11.8. The Morgan fingerprint density at radius 2 is 1.46 bits per heavy atom. The van der Waals surface area contributed by atoms with Crippen LogP contribution in [0.2, 0.25) is 5.02 Å². The van der Waals surface area contributed by atoms with E-state index in [-0.39, 0.29) is 12.6 Å². The molecule has 0 aliphatic heterocycles. The van der Waals surface area contributed by atoms with Gasteiger partial charge >= 0.3 is 5.97 Å². The molecule has 0 radical (unpaired) electrons. The smallest absolute Gasteiger partial charge is 0.311 e. The van der Waals surface area contributed by atoms with Gasteiger partial charge in [-0.1, -0.05) is 23.7 Å². The van der Waals surface area contributed by atoms with Gasteiger partial charge in [0.25, 0.3) is 0 Å². The van der Waals surface area contributed by atoms with E-state index in [0.717, 1.165) is 5.56 Å². The fourth-order valence-electron chi connectivity index (χ4n) is 2.22. The van der Waals surface area contributed by atoms with Crippen LogP contribution in [0.5, 0.6) is 11.5 Å². The minimum absolute atomic E-state index is 0.159. The van der Waals surface area contributed by atoms with Crippen molar-refractivity contribution in [1.29, 1.82) is 0 Å². The lowest BCUT2D eigenvalue weighted by Crippen LogP contribution is -2.27. The molecule has 26 heavy (non-hydrogen) atoms. The monoisotopic (exact) mass is 376 g/mol. The quantitative estimate of drug-likeness (QED) is 0.693. The second-order valence-electron chi connectivity index (χ2n) is 7.49. The first-order valence-electron chi connectivity index (χ1n) is 8.51. The van der Waals surface area contributed by atoms with Crippen molar-refractivity contribution in [1.82, 2.24) is 0 Å². The highest BCUT2D eigenvalue weighted by Crippen LogP contribution is 2.29. The van der Waals surface area contributed by atoms with E-state index in [2.05, 4.69) is 0 Å². The van der Waals surface area contributed by atoms with Gasteiger partial charge in [-0.05, 0) is 69.7 Å². The van der Waals surface area contributed by atoms with E-state index in [1.54, 1.807) is 76.2 Å². The first-order valence-corrected chi connectivity index (χ1v) is 8.89. The van der Waals surface area contributed by atoms with Crippen molar-refractivity contribution in [3.05, 3.63) is 59.1 Å². The molecule has 0 aliphatic carbocycles. The molecule has 5 heteroatoms. The topological polar surface area (TPSA) is 55.8 Å². The van der Waals surface area contributed by atoms with Crippen molar-refractivity contribution in [3.63, 3.8) is 0 Å². The predicted octanol–water partition coefficient (Wildman–Crippen LogP) is 5.32. The maximum atomic E-state index is 11.8. The van der Waals surface area contributed by atoms with Crippen LogP contribution in [-0.2, 0) is 15.1 Å². The Hall–Kier alpha value is -2.04. The zero-order chi connectivity index (χ0) is 19.4. The fourth-order valence-corrected chi connectivity index (χ4v) is 2.35. The first kappa shape index (κ1) is 20.3. The zero-order valence-electron chi connectivity index (χ0n) is 15.6. The molecule has 2 rings (SSSR count). The summed E-state index contributed by atoms with van der Waals surface area (Å²) >= 11 is 5.86. The van der Waals surface area contributed by atoms with Gasteiger partial charge in [-0.15, -0.1) is 0 Å². The molecule has 0 heterocycles. The molecule has 0 amide bonds. The lowest BCUT2D eigenvalue weighted by Gasteiger charge is -2.25. The van der Waals surface area contributed by atoms with Crippen LogP contribution in [0.1, 0.15) is 39.7 Å². The lowest BCUT2D eigenvalue weighted by molar-refractivity contribution is -0.154. The van der Waals surface area contributed by atoms with E-state index in [1.807, 2.05) is 0 Å². The summed E-state index contributed by atoms with van der Waals surface area (Å²) in [6, 6.07) is 14.3. The number of carbonyl (C=O) groups excluding carboxylic acids is 1. The molecule has 0 bridgehead atoms. The largest absolute Gasteiger partial charge is 0.465 e. The number of hydrogen-bond acceptors (Lipinski definition) is 4. The van der Waals surface area contributed by atoms with Gasteiger partial charge in [-0.2, -0.15) is 0 Å². The molecule has 140 valence electrons. The Morgan fingerprint density at radius 1 is 0.962 bits per heavy atom. The van der Waals surface area contributed by atoms with Crippen LogP contribution < -0.4 is 4.74 Å². The van der Waals surface area contributed by atoms with Gasteiger partial charge in [-0.25, -0.2) is 0 Å². The molecule has 1 atom stereocenters. The number of halogens is 1. The Balaban J connectivity index is 1.95. The molecule has 0 aromatic heterocycles. The van der Waals surface area contributed by atoms with Crippen LogP contribution in [0.4, 0.5) is 0 Å². The average Bonchev–Trinajstić information content (AvgIpc) is 2.56. The van der Waals surface area contributed by atoms with E-state index in [1.165, 1.54) is 0 Å². The Labute approximate surface area is 159 Å². The highest BCUT2D eigenvalue weighted by Gasteiger charge is 2.26. The molecule has 2 aromatic carbocycles. The van der Waals surface area contributed by atoms with E-state index in [9.17, 15) is 9.90 Å². The van der Waals surface area contributed by atoms with Crippen molar-refractivity contribution in [2.45, 2.75) is 39.7 Å². The molecular formula is C21H25ClO4. The van der Waals surface area contributed by atoms with Crippen molar-refractivity contribution in [2.75, 3.05) is 6.61 Å². The normalized spacial score (nSPS) is 13.8. The van der Waals surface area contributed by atoms with Crippen LogP contribution in [0.15, 0.2) is 48.5 Å². The van der Waals surface area contributed by atoms with E-state index >= 15 is 0 Å². The summed E-state index contributed by atoms with van der Waals surface area (Å²) in [6.07, 6.45) is 0.312. The number of esters is 1. The van der Waals surface area contributed by atoms with Gasteiger partial charge in [0.05, 0.1) is 17.6 Å². The standard InChI is InChI=1S/C21H25ClO4/c1-20(2,3)19(23)25-14-13-21(4,24)15-5-9-17(10-6-15)26-18-11-7-16(22)8-12-18/h5-12,24H,13-14H2,1-4H3. The number of aliphatic hydroxyl groups is 1. The highest BCUT2D eigenvalue weighted by atomic mass is 35.5. The van der Waals surface area contributed by atoms with Gasteiger partial charge in [-0.3, -0.25) is 4.79 Å². The Morgan fingerprint density at radius 3 is 1.96 bits per heavy atom. The zero-order valence-corrected chi connectivity index (χ0v) is 16.3. The summed E-state index contributed by atoms with van der Waals surface area (Å²) in [7, 11) is 0. The van der Waals surface area contributed by atoms with E-state index < -0.39 is 11.0 Å². The molecule has 1 N–H and O–H groups in total. The molecule has 0 saturated heterocycles.